The minimum absolute atomic E-state index is 0.104. The van der Waals surface area contributed by atoms with Gasteiger partial charge in [-0.2, -0.15) is 5.10 Å². The van der Waals surface area contributed by atoms with Gasteiger partial charge in [0.25, 0.3) is 0 Å². The normalized spacial score (nSPS) is 16.5. The molecule has 3 heterocycles. The van der Waals surface area contributed by atoms with Gasteiger partial charge in [-0.15, -0.1) is 0 Å². The van der Waals surface area contributed by atoms with Crippen LogP contribution in [0.25, 0.3) is 21.9 Å². The lowest BCUT2D eigenvalue weighted by molar-refractivity contribution is -0.124. The smallest absolute Gasteiger partial charge is 0.155 e. The number of pyridine rings is 1. The standard InChI is InChI=1S/C21H24N4O2/c1-15(25-5-7-27-8-6-25)21(26)11-20-10-18-9-16(3-4-17(18)12-22-20)19-13-23-24(2)14-19/h3-4,9-10,12-15H,5-8,11H2,1-2H3/t15-/m0/s1. The van der Waals surface area contributed by atoms with Crippen LogP contribution >= 0.6 is 0 Å². The molecule has 3 aromatic rings. The third-order valence-corrected chi connectivity index (χ3v) is 5.23. The Kier molecular flexibility index (Phi) is 5.01. The summed E-state index contributed by atoms with van der Waals surface area (Å²) in [4.78, 5) is 19.4. The highest BCUT2D eigenvalue weighted by Crippen LogP contribution is 2.24. The average molecular weight is 364 g/mol. The molecule has 0 bridgehead atoms. The number of carbonyl (C=O) groups excluding carboxylic acids is 1. The van der Waals surface area contributed by atoms with Crippen molar-refractivity contribution in [1.29, 1.82) is 0 Å². The number of Topliss-reactive ketones (excluding diaryl/α,β-unsaturated/α-hetero) is 1. The molecule has 1 aliphatic heterocycles. The minimum atomic E-state index is -0.104. The zero-order valence-corrected chi connectivity index (χ0v) is 15.8. The Morgan fingerprint density at radius 1 is 1.15 bits per heavy atom. The minimum Gasteiger partial charge on any atom is -0.379 e. The van der Waals surface area contributed by atoms with Gasteiger partial charge in [0.15, 0.2) is 5.78 Å². The second-order valence-corrected chi connectivity index (χ2v) is 7.11. The predicted octanol–water partition coefficient (Wildman–Crippen LogP) is 2.47. The lowest BCUT2D eigenvalue weighted by Crippen LogP contribution is -2.46. The van der Waals surface area contributed by atoms with Crippen molar-refractivity contribution in [1.82, 2.24) is 19.7 Å². The van der Waals surface area contributed by atoms with Crippen LogP contribution in [-0.2, 0) is 23.0 Å². The first-order valence-electron chi connectivity index (χ1n) is 9.32. The molecule has 2 aromatic heterocycles. The molecule has 1 aromatic carbocycles. The Morgan fingerprint density at radius 2 is 1.96 bits per heavy atom. The van der Waals surface area contributed by atoms with E-state index in [0.717, 1.165) is 40.7 Å². The number of hydrogen-bond donors (Lipinski definition) is 0. The van der Waals surface area contributed by atoms with E-state index in [1.165, 1.54) is 0 Å². The van der Waals surface area contributed by atoms with E-state index < -0.39 is 0 Å². The summed E-state index contributed by atoms with van der Waals surface area (Å²) in [6.07, 6.45) is 6.06. The van der Waals surface area contributed by atoms with Gasteiger partial charge in [0, 0.05) is 49.2 Å². The molecule has 1 saturated heterocycles. The second-order valence-electron chi connectivity index (χ2n) is 7.11. The fraction of sp³-hybridized carbons (Fsp3) is 0.381. The van der Waals surface area contributed by atoms with Crippen molar-refractivity contribution in [2.24, 2.45) is 7.05 Å². The number of ether oxygens (including phenoxy) is 1. The van der Waals surface area contributed by atoms with Gasteiger partial charge in [0.2, 0.25) is 0 Å². The molecule has 0 N–H and O–H groups in total. The largest absolute Gasteiger partial charge is 0.379 e. The number of rotatable bonds is 5. The molecule has 0 spiro atoms. The van der Waals surface area contributed by atoms with Crippen molar-refractivity contribution < 1.29 is 9.53 Å². The molecular weight excluding hydrogens is 340 g/mol. The van der Waals surface area contributed by atoms with E-state index in [9.17, 15) is 4.79 Å². The molecule has 140 valence electrons. The van der Waals surface area contributed by atoms with Gasteiger partial charge in [-0.25, -0.2) is 0 Å². The summed E-state index contributed by atoms with van der Waals surface area (Å²) in [5.74, 6) is 0.201. The van der Waals surface area contributed by atoms with Gasteiger partial charge < -0.3 is 4.74 Å². The quantitative estimate of drug-likeness (QED) is 0.696. The number of aryl methyl sites for hydroxylation is 1. The maximum absolute atomic E-state index is 12.7. The van der Waals surface area contributed by atoms with Crippen LogP contribution in [0.1, 0.15) is 12.6 Å². The fourth-order valence-corrected chi connectivity index (χ4v) is 3.53. The van der Waals surface area contributed by atoms with Crippen molar-refractivity contribution in [2.45, 2.75) is 19.4 Å². The van der Waals surface area contributed by atoms with Crippen LogP contribution in [0.3, 0.4) is 0 Å². The van der Waals surface area contributed by atoms with Crippen LogP contribution in [0, 0.1) is 0 Å². The third-order valence-electron chi connectivity index (χ3n) is 5.23. The number of ketones is 1. The Morgan fingerprint density at radius 3 is 2.70 bits per heavy atom. The van der Waals surface area contributed by atoms with Gasteiger partial charge >= 0.3 is 0 Å². The van der Waals surface area contributed by atoms with Crippen LogP contribution in [0.4, 0.5) is 0 Å². The van der Waals surface area contributed by atoms with Crippen molar-refractivity contribution in [2.75, 3.05) is 26.3 Å². The number of aromatic nitrogens is 3. The van der Waals surface area contributed by atoms with E-state index in [1.54, 1.807) is 4.68 Å². The molecule has 0 amide bonds. The first kappa shape index (κ1) is 17.8. The van der Waals surface area contributed by atoms with Gasteiger partial charge in [-0.1, -0.05) is 12.1 Å². The predicted molar refractivity (Wildman–Crippen MR) is 105 cm³/mol. The van der Waals surface area contributed by atoms with Crippen LogP contribution < -0.4 is 0 Å². The first-order valence-corrected chi connectivity index (χ1v) is 9.32. The highest BCUT2D eigenvalue weighted by Gasteiger charge is 2.23. The van der Waals surface area contributed by atoms with E-state index in [0.29, 0.717) is 19.6 Å². The number of carbonyl (C=O) groups is 1. The van der Waals surface area contributed by atoms with Gasteiger partial charge in [-0.05, 0) is 30.0 Å². The molecule has 6 nitrogen and oxygen atoms in total. The Labute approximate surface area is 158 Å². The van der Waals surface area contributed by atoms with Crippen molar-refractivity contribution in [3.8, 4) is 11.1 Å². The molecule has 0 unspecified atom stereocenters. The van der Waals surface area contributed by atoms with Crippen molar-refractivity contribution >= 4 is 16.6 Å². The zero-order valence-electron chi connectivity index (χ0n) is 15.8. The fourth-order valence-electron chi connectivity index (χ4n) is 3.53. The highest BCUT2D eigenvalue weighted by molar-refractivity contribution is 5.89. The summed E-state index contributed by atoms with van der Waals surface area (Å²) in [6.45, 7) is 5.00. The van der Waals surface area contributed by atoms with E-state index >= 15 is 0 Å². The van der Waals surface area contributed by atoms with Crippen LogP contribution in [0.5, 0.6) is 0 Å². The van der Waals surface area contributed by atoms with E-state index in [2.05, 4.69) is 33.2 Å². The first-order chi connectivity index (χ1) is 13.1. The van der Waals surface area contributed by atoms with Crippen LogP contribution in [0.2, 0.25) is 0 Å². The number of benzene rings is 1. The molecule has 0 saturated carbocycles. The third kappa shape index (κ3) is 3.91. The SMILES string of the molecule is C[C@@H](C(=O)Cc1cc2cc(-c3cnn(C)c3)ccc2cn1)N1CCOCC1. The maximum atomic E-state index is 12.7. The van der Waals surface area contributed by atoms with E-state index in [1.807, 2.05) is 38.6 Å². The number of fused-ring (bicyclic) bond motifs is 1. The van der Waals surface area contributed by atoms with Crippen molar-refractivity contribution in [3.63, 3.8) is 0 Å². The Balaban J connectivity index is 1.54. The molecule has 1 atom stereocenters. The van der Waals surface area contributed by atoms with Crippen molar-refractivity contribution in [3.05, 3.63) is 48.5 Å². The van der Waals surface area contributed by atoms with Crippen LogP contribution in [0.15, 0.2) is 42.9 Å². The molecule has 27 heavy (non-hydrogen) atoms. The highest BCUT2D eigenvalue weighted by atomic mass is 16.5. The van der Waals surface area contributed by atoms with E-state index in [4.69, 9.17) is 4.74 Å². The molecule has 0 radical (unpaired) electrons. The molecule has 1 aliphatic rings. The van der Waals surface area contributed by atoms with Crippen LogP contribution in [-0.4, -0.2) is 57.8 Å². The molecule has 1 fully saturated rings. The van der Waals surface area contributed by atoms with Gasteiger partial charge in [0.1, 0.15) is 0 Å². The summed E-state index contributed by atoms with van der Waals surface area (Å²) >= 11 is 0. The molecule has 0 aliphatic carbocycles. The Hall–Kier alpha value is -2.57. The summed E-state index contributed by atoms with van der Waals surface area (Å²) < 4.78 is 7.17. The average Bonchev–Trinajstić information content (AvgIpc) is 3.14. The lowest BCUT2D eigenvalue weighted by Gasteiger charge is -2.31. The Bertz CT molecular complexity index is 960. The lowest BCUT2D eigenvalue weighted by atomic mass is 10.0. The molecular formula is C21H24N4O2. The molecule has 6 heteroatoms. The summed E-state index contributed by atoms with van der Waals surface area (Å²) in [6, 6.07) is 8.19. The number of nitrogens with zero attached hydrogens (tertiary/aromatic N) is 4. The van der Waals surface area contributed by atoms with Gasteiger partial charge in [0.05, 0.1) is 31.9 Å². The van der Waals surface area contributed by atoms with E-state index in [-0.39, 0.29) is 11.8 Å². The topological polar surface area (TPSA) is 60.2 Å². The molecule has 4 rings (SSSR count). The zero-order chi connectivity index (χ0) is 18.8. The summed E-state index contributed by atoms with van der Waals surface area (Å²) in [7, 11) is 1.91. The number of hydrogen-bond acceptors (Lipinski definition) is 5. The van der Waals surface area contributed by atoms with Gasteiger partial charge in [-0.3, -0.25) is 19.4 Å². The summed E-state index contributed by atoms with van der Waals surface area (Å²) in [5, 5.41) is 6.40. The number of morpholine rings is 1. The second kappa shape index (κ2) is 7.58. The maximum Gasteiger partial charge on any atom is 0.155 e. The summed E-state index contributed by atoms with van der Waals surface area (Å²) in [5.41, 5.74) is 3.01. The monoisotopic (exact) mass is 364 g/mol.